The number of hydrogen-bond donors (Lipinski definition) is 2. The fourth-order valence-electron chi connectivity index (χ4n) is 3.06. The number of hydrogen-bond acceptors (Lipinski definition) is 3. The molecule has 0 spiro atoms. The van der Waals surface area contributed by atoms with Crippen LogP contribution in [0.25, 0.3) is 0 Å². The molecule has 0 amide bonds. The number of nitrogens with one attached hydrogen (secondary N) is 2. The van der Waals surface area contributed by atoms with E-state index in [9.17, 15) is 0 Å². The SMILES string of the molecule is S=C(N/N=C\c1cccc(OCc2ccccc2)c1)NC1CCCCC1. The van der Waals surface area contributed by atoms with Crippen LogP contribution in [0.3, 0.4) is 0 Å². The molecule has 0 saturated heterocycles. The molecule has 1 saturated carbocycles. The van der Waals surface area contributed by atoms with Crippen molar-refractivity contribution >= 4 is 23.5 Å². The minimum Gasteiger partial charge on any atom is -0.489 e. The second kappa shape index (κ2) is 9.92. The second-order valence-corrected chi connectivity index (χ2v) is 6.93. The van der Waals surface area contributed by atoms with E-state index in [0.29, 0.717) is 17.8 Å². The zero-order valence-electron chi connectivity index (χ0n) is 14.9. The van der Waals surface area contributed by atoms with Gasteiger partial charge in [0.1, 0.15) is 12.4 Å². The van der Waals surface area contributed by atoms with Gasteiger partial charge in [0.15, 0.2) is 5.11 Å². The lowest BCUT2D eigenvalue weighted by atomic mass is 9.96. The molecule has 0 unspecified atom stereocenters. The van der Waals surface area contributed by atoms with E-state index in [1.165, 1.54) is 32.1 Å². The van der Waals surface area contributed by atoms with E-state index < -0.39 is 0 Å². The summed E-state index contributed by atoms with van der Waals surface area (Å²) in [6.45, 7) is 0.551. The van der Waals surface area contributed by atoms with Gasteiger partial charge in [-0.15, -0.1) is 0 Å². The molecule has 0 aromatic heterocycles. The maximum absolute atomic E-state index is 5.84. The van der Waals surface area contributed by atoms with E-state index >= 15 is 0 Å². The van der Waals surface area contributed by atoms with Crippen molar-refractivity contribution in [2.24, 2.45) is 5.10 Å². The average molecular weight is 368 g/mol. The van der Waals surface area contributed by atoms with E-state index in [1.807, 2.05) is 42.5 Å². The van der Waals surface area contributed by atoms with Crippen LogP contribution >= 0.6 is 12.2 Å². The Labute approximate surface area is 160 Å². The van der Waals surface area contributed by atoms with Gasteiger partial charge in [-0.3, -0.25) is 5.43 Å². The van der Waals surface area contributed by atoms with Crippen LogP contribution in [-0.4, -0.2) is 17.4 Å². The Balaban J connectivity index is 1.46. The Hall–Kier alpha value is -2.40. The van der Waals surface area contributed by atoms with Crippen LogP contribution in [0, 0.1) is 0 Å². The maximum Gasteiger partial charge on any atom is 0.187 e. The fourth-order valence-corrected chi connectivity index (χ4v) is 3.27. The zero-order chi connectivity index (χ0) is 18.0. The fraction of sp³-hybridized carbons (Fsp3) is 0.333. The predicted octanol–water partition coefficient (Wildman–Crippen LogP) is 4.40. The highest BCUT2D eigenvalue weighted by Crippen LogP contribution is 2.17. The van der Waals surface area contributed by atoms with Crippen LogP contribution in [0.15, 0.2) is 59.7 Å². The third kappa shape index (κ3) is 6.15. The molecule has 3 rings (SSSR count). The van der Waals surface area contributed by atoms with Gasteiger partial charge in [0.05, 0.1) is 6.21 Å². The molecule has 2 aromatic carbocycles. The Kier molecular flexibility index (Phi) is 7.02. The van der Waals surface area contributed by atoms with E-state index in [4.69, 9.17) is 17.0 Å². The van der Waals surface area contributed by atoms with Crippen LogP contribution in [0.4, 0.5) is 0 Å². The summed E-state index contributed by atoms with van der Waals surface area (Å²) in [6, 6.07) is 18.5. The Bertz CT molecular complexity index is 727. The highest BCUT2D eigenvalue weighted by molar-refractivity contribution is 7.80. The summed E-state index contributed by atoms with van der Waals surface area (Å²) in [5.74, 6) is 0.820. The molecule has 0 atom stereocenters. The lowest BCUT2D eigenvalue weighted by Gasteiger charge is -2.23. The van der Waals surface area contributed by atoms with Crippen molar-refractivity contribution in [3.63, 3.8) is 0 Å². The van der Waals surface area contributed by atoms with Gasteiger partial charge in [-0.2, -0.15) is 5.10 Å². The van der Waals surface area contributed by atoms with E-state index in [-0.39, 0.29) is 0 Å². The normalized spacial score (nSPS) is 14.9. The Morgan fingerprint density at radius 2 is 1.88 bits per heavy atom. The first-order valence-electron chi connectivity index (χ1n) is 9.16. The molecule has 2 aromatic rings. The predicted molar refractivity (Wildman–Crippen MR) is 111 cm³/mol. The van der Waals surface area contributed by atoms with Gasteiger partial charge in [-0.05, 0) is 48.3 Å². The van der Waals surface area contributed by atoms with Crippen LogP contribution in [-0.2, 0) is 6.61 Å². The third-order valence-electron chi connectivity index (χ3n) is 4.43. The van der Waals surface area contributed by atoms with Crippen molar-refractivity contribution in [1.29, 1.82) is 0 Å². The molecule has 0 heterocycles. The highest BCUT2D eigenvalue weighted by Gasteiger charge is 2.13. The van der Waals surface area contributed by atoms with Gasteiger partial charge in [-0.25, -0.2) is 0 Å². The first-order valence-corrected chi connectivity index (χ1v) is 9.57. The van der Waals surface area contributed by atoms with Crippen LogP contribution in [0.5, 0.6) is 5.75 Å². The van der Waals surface area contributed by atoms with Gasteiger partial charge in [-0.1, -0.05) is 61.7 Å². The van der Waals surface area contributed by atoms with Gasteiger partial charge in [0, 0.05) is 6.04 Å². The third-order valence-corrected chi connectivity index (χ3v) is 4.64. The number of benzene rings is 2. The lowest BCUT2D eigenvalue weighted by Crippen LogP contribution is -2.40. The largest absolute Gasteiger partial charge is 0.489 e. The molecule has 1 aliphatic carbocycles. The first-order chi connectivity index (χ1) is 12.8. The molecule has 1 aliphatic rings. The van der Waals surface area contributed by atoms with Crippen molar-refractivity contribution in [3.05, 3.63) is 65.7 Å². The van der Waals surface area contributed by atoms with E-state index in [1.54, 1.807) is 6.21 Å². The highest BCUT2D eigenvalue weighted by atomic mass is 32.1. The summed E-state index contributed by atoms with van der Waals surface area (Å²) in [5, 5.41) is 8.16. The quantitative estimate of drug-likeness (QED) is 0.451. The van der Waals surface area contributed by atoms with E-state index in [2.05, 4.69) is 28.0 Å². The van der Waals surface area contributed by atoms with E-state index in [0.717, 1.165) is 16.9 Å². The first kappa shape index (κ1) is 18.4. The number of hydrazone groups is 1. The summed E-state index contributed by atoms with van der Waals surface area (Å²) in [6.07, 6.45) is 8.01. The number of nitrogens with zero attached hydrogens (tertiary/aromatic N) is 1. The number of rotatable bonds is 6. The molecule has 26 heavy (non-hydrogen) atoms. The summed E-state index contributed by atoms with van der Waals surface area (Å²) in [7, 11) is 0. The summed E-state index contributed by atoms with van der Waals surface area (Å²) in [4.78, 5) is 0. The van der Waals surface area contributed by atoms with Crippen LogP contribution in [0.1, 0.15) is 43.2 Å². The average Bonchev–Trinajstić information content (AvgIpc) is 2.68. The molecule has 0 bridgehead atoms. The van der Waals surface area contributed by atoms with Crippen molar-refractivity contribution in [2.45, 2.75) is 44.8 Å². The standard InChI is InChI=1S/C21H25N3OS/c26-21(23-19-11-5-2-6-12-19)24-22-15-18-10-7-13-20(14-18)25-16-17-8-3-1-4-9-17/h1,3-4,7-10,13-15,19H,2,5-6,11-12,16H2,(H2,23,24,26)/b22-15-. The van der Waals surface area contributed by atoms with Crippen molar-refractivity contribution in [3.8, 4) is 5.75 Å². The molecule has 4 nitrogen and oxygen atoms in total. The number of ether oxygens (including phenoxy) is 1. The minimum absolute atomic E-state index is 0.480. The summed E-state index contributed by atoms with van der Waals surface area (Å²) in [5.41, 5.74) is 5.01. The molecule has 0 aliphatic heterocycles. The molecular formula is C21H25N3OS. The molecule has 0 radical (unpaired) electrons. The maximum atomic E-state index is 5.84. The van der Waals surface area contributed by atoms with Crippen LogP contribution < -0.4 is 15.5 Å². The van der Waals surface area contributed by atoms with Gasteiger partial charge in [0.2, 0.25) is 0 Å². The second-order valence-electron chi connectivity index (χ2n) is 6.53. The Morgan fingerprint density at radius 1 is 1.08 bits per heavy atom. The topological polar surface area (TPSA) is 45.7 Å². The molecule has 2 N–H and O–H groups in total. The smallest absolute Gasteiger partial charge is 0.187 e. The number of thiocarbonyl (C=S) groups is 1. The van der Waals surface area contributed by atoms with Crippen molar-refractivity contribution in [2.75, 3.05) is 0 Å². The van der Waals surface area contributed by atoms with Gasteiger partial charge < -0.3 is 10.1 Å². The van der Waals surface area contributed by atoms with Crippen LogP contribution in [0.2, 0.25) is 0 Å². The van der Waals surface area contributed by atoms with Gasteiger partial charge >= 0.3 is 0 Å². The molecule has 136 valence electrons. The summed E-state index contributed by atoms with van der Waals surface area (Å²) < 4.78 is 5.84. The molecule has 1 fully saturated rings. The van der Waals surface area contributed by atoms with Crippen molar-refractivity contribution in [1.82, 2.24) is 10.7 Å². The molecule has 5 heteroatoms. The lowest BCUT2D eigenvalue weighted by molar-refractivity contribution is 0.306. The van der Waals surface area contributed by atoms with Crippen molar-refractivity contribution < 1.29 is 4.74 Å². The van der Waals surface area contributed by atoms with Gasteiger partial charge in [0.25, 0.3) is 0 Å². The molecular weight excluding hydrogens is 342 g/mol. The summed E-state index contributed by atoms with van der Waals surface area (Å²) >= 11 is 5.31. The zero-order valence-corrected chi connectivity index (χ0v) is 15.7. The minimum atomic E-state index is 0.480. The monoisotopic (exact) mass is 367 g/mol. The Morgan fingerprint density at radius 3 is 2.69 bits per heavy atom.